The summed E-state index contributed by atoms with van der Waals surface area (Å²) in [5.74, 6) is 0.307. The molecule has 0 heterocycles. The molecular formula is C14H7ClN2O2S. The molecule has 0 bridgehead atoms. The Labute approximate surface area is 123 Å². The van der Waals surface area contributed by atoms with E-state index in [2.05, 4.69) is 4.85 Å². The predicted octanol–water partition coefficient (Wildman–Crippen LogP) is 3.86. The van der Waals surface area contributed by atoms with E-state index in [1.165, 1.54) is 18.2 Å². The molecule has 1 unspecified atom stereocenters. The zero-order chi connectivity index (χ0) is 14.5. The smallest absolute Gasteiger partial charge is 0.240 e. The molecule has 0 spiro atoms. The highest BCUT2D eigenvalue weighted by atomic mass is 35.5. The van der Waals surface area contributed by atoms with Crippen LogP contribution in [0.2, 0.25) is 5.02 Å². The summed E-state index contributed by atoms with van der Waals surface area (Å²) < 4.78 is 17.2. The molecule has 1 atom stereocenters. The Kier molecular flexibility index (Phi) is 4.37. The van der Waals surface area contributed by atoms with E-state index >= 15 is 0 Å². The second-order valence-corrected chi connectivity index (χ2v) is 5.19. The third-order valence-electron chi connectivity index (χ3n) is 2.39. The summed E-state index contributed by atoms with van der Waals surface area (Å²) in [5.41, 5.74) is 0.790. The van der Waals surface area contributed by atoms with Gasteiger partial charge in [-0.05, 0) is 12.1 Å². The zero-order valence-electron chi connectivity index (χ0n) is 10.0. The molecule has 0 saturated carbocycles. The molecule has 4 nitrogen and oxygen atoms in total. The summed E-state index contributed by atoms with van der Waals surface area (Å²) in [5, 5.41) is 9.00. The van der Waals surface area contributed by atoms with Crippen LogP contribution in [0.15, 0.2) is 47.4 Å². The van der Waals surface area contributed by atoms with Gasteiger partial charge in [-0.1, -0.05) is 35.9 Å². The molecule has 0 fully saturated rings. The van der Waals surface area contributed by atoms with Gasteiger partial charge in [0.25, 0.3) is 0 Å². The van der Waals surface area contributed by atoms with Crippen molar-refractivity contribution >= 4 is 28.4 Å². The fourth-order valence-electron chi connectivity index (χ4n) is 1.41. The van der Waals surface area contributed by atoms with Gasteiger partial charge in [0.2, 0.25) is 11.1 Å². The van der Waals surface area contributed by atoms with Crippen molar-refractivity contribution in [3.8, 4) is 11.8 Å². The number of halogens is 1. The van der Waals surface area contributed by atoms with Gasteiger partial charge < -0.3 is 4.18 Å². The molecule has 6 heteroatoms. The van der Waals surface area contributed by atoms with Gasteiger partial charge in [-0.3, -0.25) is 0 Å². The molecule has 0 aliphatic heterocycles. The summed E-state index contributed by atoms with van der Waals surface area (Å²) in [6.07, 6.45) is 0. The lowest BCUT2D eigenvalue weighted by atomic mass is 10.2. The fraction of sp³-hybridized carbons (Fsp3) is 0. The van der Waals surface area contributed by atoms with Gasteiger partial charge in [-0.15, -0.1) is 0 Å². The highest BCUT2D eigenvalue weighted by Gasteiger charge is 2.08. The topological polar surface area (TPSA) is 54.5 Å². The Morgan fingerprint density at radius 3 is 2.50 bits per heavy atom. The van der Waals surface area contributed by atoms with Crippen LogP contribution in [-0.2, 0) is 11.1 Å². The summed E-state index contributed by atoms with van der Waals surface area (Å²) >= 11 is 4.16. The van der Waals surface area contributed by atoms with Gasteiger partial charge in [-0.25, -0.2) is 9.05 Å². The van der Waals surface area contributed by atoms with Crippen molar-refractivity contribution in [3.05, 3.63) is 64.5 Å². The minimum atomic E-state index is -1.71. The number of nitriles is 1. The molecule has 0 aliphatic carbocycles. The lowest BCUT2D eigenvalue weighted by Crippen LogP contribution is -2.00. The van der Waals surface area contributed by atoms with Crippen LogP contribution in [0, 0.1) is 17.9 Å². The lowest BCUT2D eigenvalue weighted by Gasteiger charge is -2.05. The summed E-state index contributed by atoms with van der Waals surface area (Å²) in [4.78, 5) is 3.69. The largest absolute Gasteiger partial charge is 0.397 e. The molecule has 98 valence electrons. The standard InChI is InChI=1S/C14H7ClN2O2S/c1-17-11-3-6-13(7-4-11)20(18)19-12-5-2-10(9-16)14(15)8-12/h2-8H. The van der Waals surface area contributed by atoms with Crippen molar-refractivity contribution in [2.24, 2.45) is 0 Å². The van der Waals surface area contributed by atoms with Crippen molar-refractivity contribution in [1.82, 2.24) is 0 Å². The van der Waals surface area contributed by atoms with Gasteiger partial charge in [0.1, 0.15) is 11.8 Å². The van der Waals surface area contributed by atoms with Crippen molar-refractivity contribution in [2.75, 3.05) is 0 Å². The van der Waals surface area contributed by atoms with E-state index in [9.17, 15) is 4.21 Å². The first-order chi connectivity index (χ1) is 9.63. The first-order valence-corrected chi connectivity index (χ1v) is 6.86. The van der Waals surface area contributed by atoms with Gasteiger partial charge in [0.15, 0.2) is 5.69 Å². The second-order valence-electron chi connectivity index (χ2n) is 3.68. The third kappa shape index (κ3) is 3.16. The Morgan fingerprint density at radius 1 is 1.25 bits per heavy atom. The van der Waals surface area contributed by atoms with Crippen LogP contribution in [0.3, 0.4) is 0 Å². The molecule has 2 rings (SSSR count). The zero-order valence-corrected chi connectivity index (χ0v) is 11.6. The Bertz CT molecular complexity index is 745. The minimum absolute atomic E-state index is 0.241. The quantitative estimate of drug-likeness (QED) is 0.809. The summed E-state index contributed by atoms with van der Waals surface area (Å²) in [7, 11) is 0. The van der Waals surface area contributed by atoms with Crippen LogP contribution in [0.4, 0.5) is 5.69 Å². The molecule has 0 radical (unpaired) electrons. The van der Waals surface area contributed by atoms with Gasteiger partial charge in [-0.2, -0.15) is 5.26 Å². The normalized spacial score (nSPS) is 11.2. The van der Waals surface area contributed by atoms with Crippen LogP contribution < -0.4 is 4.18 Å². The summed E-state index contributed by atoms with van der Waals surface area (Å²) in [6.45, 7) is 6.84. The number of hydrogen-bond acceptors (Lipinski definition) is 3. The monoisotopic (exact) mass is 302 g/mol. The average molecular weight is 303 g/mol. The Hall–Kier alpha value is -2.34. The average Bonchev–Trinajstić information content (AvgIpc) is 2.47. The van der Waals surface area contributed by atoms with Crippen LogP contribution >= 0.6 is 11.6 Å². The Morgan fingerprint density at radius 2 is 1.95 bits per heavy atom. The van der Waals surface area contributed by atoms with E-state index in [1.54, 1.807) is 24.3 Å². The van der Waals surface area contributed by atoms with Crippen molar-refractivity contribution in [2.45, 2.75) is 4.90 Å². The van der Waals surface area contributed by atoms with Crippen molar-refractivity contribution in [3.63, 3.8) is 0 Å². The number of rotatable bonds is 3. The van der Waals surface area contributed by atoms with E-state index in [1.807, 2.05) is 6.07 Å². The molecule has 0 amide bonds. The lowest BCUT2D eigenvalue weighted by molar-refractivity contribution is 0.562. The molecule has 2 aromatic rings. The van der Waals surface area contributed by atoms with Crippen LogP contribution in [0.5, 0.6) is 5.75 Å². The maximum absolute atomic E-state index is 12.0. The van der Waals surface area contributed by atoms with Gasteiger partial charge >= 0.3 is 0 Å². The first-order valence-electron chi connectivity index (χ1n) is 5.41. The number of hydrogen-bond donors (Lipinski definition) is 0. The van der Waals surface area contributed by atoms with E-state index in [0.717, 1.165) is 0 Å². The SMILES string of the molecule is [C-]#[N+]c1ccc(S(=O)Oc2ccc(C#N)c(Cl)c2)cc1. The van der Waals surface area contributed by atoms with Gasteiger partial charge in [0.05, 0.1) is 22.1 Å². The number of benzene rings is 2. The number of nitrogens with zero attached hydrogens (tertiary/aromatic N) is 2. The maximum atomic E-state index is 12.0. The van der Waals surface area contributed by atoms with E-state index in [4.69, 9.17) is 27.6 Å². The molecule has 0 aliphatic rings. The predicted molar refractivity (Wildman–Crippen MR) is 75.9 cm³/mol. The highest BCUT2D eigenvalue weighted by Crippen LogP contribution is 2.24. The molecule has 20 heavy (non-hydrogen) atoms. The fourth-order valence-corrected chi connectivity index (χ4v) is 2.35. The van der Waals surface area contributed by atoms with Gasteiger partial charge in [0, 0.05) is 6.07 Å². The van der Waals surface area contributed by atoms with E-state index in [0.29, 0.717) is 21.9 Å². The van der Waals surface area contributed by atoms with E-state index < -0.39 is 11.1 Å². The van der Waals surface area contributed by atoms with Crippen molar-refractivity contribution in [1.29, 1.82) is 5.26 Å². The minimum Gasteiger partial charge on any atom is -0.397 e. The molecule has 0 aromatic heterocycles. The van der Waals surface area contributed by atoms with Crippen molar-refractivity contribution < 1.29 is 8.39 Å². The molecule has 2 aromatic carbocycles. The third-order valence-corrected chi connectivity index (χ3v) is 3.70. The van der Waals surface area contributed by atoms with Crippen LogP contribution in [0.1, 0.15) is 5.56 Å². The van der Waals surface area contributed by atoms with Crippen LogP contribution in [0.25, 0.3) is 4.85 Å². The molecule has 0 N–H and O–H groups in total. The molecule has 0 saturated heterocycles. The Balaban J connectivity index is 2.17. The van der Waals surface area contributed by atoms with E-state index in [-0.39, 0.29) is 5.02 Å². The second kappa shape index (κ2) is 6.21. The molecular weight excluding hydrogens is 296 g/mol. The summed E-state index contributed by atoms with van der Waals surface area (Å²) in [6, 6.07) is 12.6. The highest BCUT2D eigenvalue weighted by molar-refractivity contribution is 7.80. The van der Waals surface area contributed by atoms with Crippen LogP contribution in [-0.4, -0.2) is 4.21 Å². The maximum Gasteiger partial charge on any atom is 0.240 e. The first kappa shape index (κ1) is 14.1.